The fourth-order valence-corrected chi connectivity index (χ4v) is 6.20. The third-order valence-electron chi connectivity index (χ3n) is 5.21. The Bertz CT molecular complexity index is 897. The molecule has 1 saturated heterocycles. The van der Waals surface area contributed by atoms with Gasteiger partial charge in [0, 0.05) is 31.6 Å². The molecule has 27 heavy (non-hydrogen) atoms. The molecule has 1 atom stereocenters. The molecule has 2 aromatic rings. The summed E-state index contributed by atoms with van der Waals surface area (Å²) in [5.41, 5.74) is 1.87. The average molecular weight is 405 g/mol. The van der Waals surface area contributed by atoms with Crippen LogP contribution in [0.2, 0.25) is 0 Å². The van der Waals surface area contributed by atoms with Crippen LogP contribution in [0.15, 0.2) is 53.4 Å². The van der Waals surface area contributed by atoms with E-state index in [2.05, 4.69) is 4.90 Å². The average Bonchev–Trinajstić information content (AvgIpc) is 2.80. The van der Waals surface area contributed by atoms with Gasteiger partial charge in [-0.2, -0.15) is 16.1 Å². The molecule has 0 bridgehead atoms. The fourth-order valence-electron chi connectivity index (χ4n) is 3.64. The second kappa shape index (κ2) is 7.73. The number of benzene rings is 2. The van der Waals surface area contributed by atoms with E-state index in [0.29, 0.717) is 23.7 Å². The van der Waals surface area contributed by atoms with Crippen molar-refractivity contribution in [2.45, 2.75) is 17.4 Å². The van der Waals surface area contributed by atoms with Crippen molar-refractivity contribution in [3.63, 3.8) is 0 Å². The Morgan fingerprint density at radius 1 is 1.07 bits per heavy atom. The molecule has 2 heterocycles. The van der Waals surface area contributed by atoms with Crippen LogP contribution in [0.5, 0.6) is 5.75 Å². The molecule has 2 aromatic carbocycles. The Balaban J connectivity index is 1.70. The van der Waals surface area contributed by atoms with Gasteiger partial charge in [-0.1, -0.05) is 36.4 Å². The smallest absolute Gasteiger partial charge is 0.248 e. The fraction of sp³-hybridized carbons (Fsp3) is 0.400. The lowest BCUT2D eigenvalue weighted by Crippen LogP contribution is -2.41. The number of hydrogen-bond acceptors (Lipinski definition) is 5. The topological polar surface area (TPSA) is 49.9 Å². The Labute approximate surface area is 165 Å². The van der Waals surface area contributed by atoms with Crippen molar-refractivity contribution in [2.75, 3.05) is 43.1 Å². The van der Waals surface area contributed by atoms with E-state index in [4.69, 9.17) is 4.74 Å². The van der Waals surface area contributed by atoms with Gasteiger partial charge in [-0.15, -0.1) is 0 Å². The van der Waals surface area contributed by atoms with Crippen LogP contribution in [-0.2, 0) is 16.4 Å². The molecule has 0 spiro atoms. The van der Waals surface area contributed by atoms with Crippen LogP contribution in [0.1, 0.15) is 5.56 Å². The van der Waals surface area contributed by atoms with Crippen LogP contribution in [0.4, 0.5) is 5.69 Å². The zero-order chi connectivity index (χ0) is 18.9. The second-order valence-corrected chi connectivity index (χ2v) is 10.0. The molecule has 5 nitrogen and oxygen atoms in total. The molecule has 0 unspecified atom stereocenters. The lowest BCUT2D eigenvalue weighted by Gasteiger charge is -2.31. The molecule has 0 radical (unpaired) electrons. The second-order valence-electron chi connectivity index (χ2n) is 6.88. The number of anilines is 1. The Morgan fingerprint density at radius 2 is 1.81 bits per heavy atom. The molecular formula is C20H24N2O3S2. The highest BCUT2D eigenvalue weighted by atomic mass is 32.2. The van der Waals surface area contributed by atoms with Crippen molar-refractivity contribution in [2.24, 2.45) is 0 Å². The van der Waals surface area contributed by atoms with Crippen LogP contribution < -0.4 is 9.64 Å². The standard InChI is InChI=1S/C20H24N2O3S2/c1-21-17(14-16-6-3-2-4-7-16)15-25-19-9-5-8-18(20(19)27(21,23)24)22-10-12-26-13-11-22/h2-9,17H,10-15H2,1H3/t17-/m0/s1. The Hall–Kier alpha value is -1.70. The lowest BCUT2D eigenvalue weighted by molar-refractivity contribution is 0.228. The normalized spacial score (nSPS) is 22.6. The summed E-state index contributed by atoms with van der Waals surface area (Å²) in [6, 6.07) is 15.3. The SMILES string of the molecule is CN1[C@@H](Cc2ccccc2)COc2cccc(N3CCSCC3)c2S1(=O)=O. The number of hydrogen-bond donors (Lipinski definition) is 0. The number of fused-ring (bicyclic) bond motifs is 1. The number of rotatable bonds is 3. The van der Waals surface area contributed by atoms with Gasteiger partial charge in [-0.05, 0) is 24.1 Å². The van der Waals surface area contributed by atoms with E-state index in [0.717, 1.165) is 35.8 Å². The highest BCUT2D eigenvalue weighted by Crippen LogP contribution is 2.39. The van der Waals surface area contributed by atoms with E-state index in [9.17, 15) is 8.42 Å². The van der Waals surface area contributed by atoms with Gasteiger partial charge in [0.2, 0.25) is 10.0 Å². The zero-order valence-electron chi connectivity index (χ0n) is 15.4. The first-order chi connectivity index (χ1) is 13.1. The number of thioether (sulfide) groups is 1. The zero-order valence-corrected chi connectivity index (χ0v) is 17.0. The molecule has 0 aliphatic carbocycles. The largest absolute Gasteiger partial charge is 0.490 e. The van der Waals surface area contributed by atoms with E-state index >= 15 is 0 Å². The van der Waals surface area contributed by atoms with Gasteiger partial charge < -0.3 is 9.64 Å². The van der Waals surface area contributed by atoms with Crippen LogP contribution in [0.25, 0.3) is 0 Å². The Kier molecular flexibility index (Phi) is 5.34. The van der Waals surface area contributed by atoms with Gasteiger partial charge in [-0.3, -0.25) is 0 Å². The van der Waals surface area contributed by atoms with Crippen LogP contribution >= 0.6 is 11.8 Å². The summed E-state index contributed by atoms with van der Waals surface area (Å²) in [5.74, 6) is 2.49. The van der Waals surface area contributed by atoms with Crippen LogP contribution in [0, 0.1) is 0 Å². The first kappa shape index (κ1) is 18.7. The maximum atomic E-state index is 13.5. The van der Waals surface area contributed by atoms with E-state index in [1.165, 1.54) is 4.31 Å². The third kappa shape index (κ3) is 3.68. The highest BCUT2D eigenvalue weighted by molar-refractivity contribution is 7.99. The minimum absolute atomic E-state index is 0.241. The van der Waals surface area contributed by atoms with Gasteiger partial charge in [0.15, 0.2) is 0 Å². The molecule has 1 fully saturated rings. The number of nitrogens with zero attached hydrogens (tertiary/aromatic N) is 2. The van der Waals surface area contributed by atoms with Crippen molar-refractivity contribution < 1.29 is 13.2 Å². The summed E-state index contributed by atoms with van der Waals surface area (Å²) in [6.45, 7) is 2.05. The van der Waals surface area contributed by atoms with Crippen molar-refractivity contribution in [3.8, 4) is 5.75 Å². The van der Waals surface area contributed by atoms with E-state index in [1.54, 1.807) is 13.1 Å². The first-order valence-electron chi connectivity index (χ1n) is 9.18. The first-order valence-corrected chi connectivity index (χ1v) is 11.8. The van der Waals surface area contributed by atoms with Gasteiger partial charge >= 0.3 is 0 Å². The highest BCUT2D eigenvalue weighted by Gasteiger charge is 2.37. The summed E-state index contributed by atoms with van der Waals surface area (Å²) in [7, 11) is -1.98. The summed E-state index contributed by atoms with van der Waals surface area (Å²) in [5, 5.41) is 0. The Morgan fingerprint density at radius 3 is 2.56 bits per heavy atom. The summed E-state index contributed by atoms with van der Waals surface area (Å²) >= 11 is 1.90. The van der Waals surface area contributed by atoms with Crippen molar-refractivity contribution >= 4 is 27.5 Å². The van der Waals surface area contributed by atoms with E-state index < -0.39 is 10.0 Å². The summed E-state index contributed by atoms with van der Waals surface area (Å²) < 4.78 is 34.5. The van der Waals surface area contributed by atoms with Gasteiger partial charge in [0.1, 0.15) is 17.3 Å². The molecular weight excluding hydrogens is 380 g/mol. The van der Waals surface area contributed by atoms with Gasteiger partial charge in [-0.25, -0.2) is 8.42 Å². The number of likely N-dealkylation sites (N-methyl/N-ethyl adjacent to an activating group) is 1. The maximum absolute atomic E-state index is 13.5. The molecule has 144 valence electrons. The number of ether oxygens (including phenoxy) is 1. The van der Waals surface area contributed by atoms with E-state index in [-0.39, 0.29) is 6.04 Å². The summed E-state index contributed by atoms with van der Waals surface area (Å²) in [6.07, 6.45) is 0.625. The lowest BCUT2D eigenvalue weighted by atomic mass is 10.1. The molecule has 0 aromatic heterocycles. The third-order valence-corrected chi connectivity index (χ3v) is 8.13. The molecule has 0 N–H and O–H groups in total. The molecule has 2 aliphatic rings. The van der Waals surface area contributed by atoms with Crippen molar-refractivity contribution in [1.82, 2.24) is 4.31 Å². The molecule has 2 aliphatic heterocycles. The number of sulfonamides is 1. The minimum Gasteiger partial charge on any atom is -0.490 e. The van der Waals surface area contributed by atoms with E-state index in [1.807, 2.05) is 54.2 Å². The van der Waals surface area contributed by atoms with Crippen LogP contribution in [-0.4, -0.2) is 57.0 Å². The maximum Gasteiger partial charge on any atom is 0.248 e. The minimum atomic E-state index is -3.65. The quantitative estimate of drug-likeness (QED) is 0.787. The molecule has 7 heteroatoms. The monoisotopic (exact) mass is 404 g/mol. The van der Waals surface area contributed by atoms with Gasteiger partial charge in [0.25, 0.3) is 0 Å². The molecule has 4 rings (SSSR count). The van der Waals surface area contributed by atoms with Crippen molar-refractivity contribution in [1.29, 1.82) is 0 Å². The predicted octanol–water partition coefficient (Wildman–Crippen LogP) is 2.86. The summed E-state index contributed by atoms with van der Waals surface area (Å²) in [4.78, 5) is 2.48. The van der Waals surface area contributed by atoms with Crippen molar-refractivity contribution in [3.05, 3.63) is 54.1 Å². The molecule has 0 amide bonds. The van der Waals surface area contributed by atoms with Crippen LogP contribution in [0.3, 0.4) is 0 Å². The van der Waals surface area contributed by atoms with Gasteiger partial charge in [0.05, 0.1) is 11.7 Å². The molecule has 0 saturated carbocycles. The predicted molar refractivity (Wildman–Crippen MR) is 110 cm³/mol.